The van der Waals surface area contributed by atoms with E-state index in [-0.39, 0.29) is 5.70 Å². The normalized spacial score (nSPS) is 19.0. The van der Waals surface area contributed by atoms with E-state index in [4.69, 9.17) is 14.9 Å². The molecule has 0 spiro atoms. The van der Waals surface area contributed by atoms with Crippen LogP contribution >= 0.6 is 11.8 Å². The molecule has 14 heavy (non-hydrogen) atoms. The van der Waals surface area contributed by atoms with Crippen LogP contribution in [0.3, 0.4) is 0 Å². The molecule has 0 bridgehead atoms. The molecule has 76 valence electrons. The highest BCUT2D eigenvalue weighted by atomic mass is 32.2. The van der Waals surface area contributed by atoms with E-state index in [9.17, 15) is 10.1 Å². The Bertz CT molecular complexity index is 342. The van der Waals surface area contributed by atoms with Gasteiger partial charge < -0.3 is 9.47 Å². The van der Waals surface area contributed by atoms with Crippen molar-refractivity contribution in [3.8, 4) is 0 Å². The Morgan fingerprint density at radius 3 is 2.50 bits per heavy atom. The highest BCUT2D eigenvalue weighted by molar-refractivity contribution is 8.05. The maximum Gasteiger partial charge on any atom is 0.318 e. The summed E-state index contributed by atoms with van der Waals surface area (Å²) in [6.07, 6.45) is 1.21. The van der Waals surface area contributed by atoms with E-state index >= 15 is 0 Å². The first-order valence-electron chi connectivity index (χ1n) is 3.55. The number of hydrogen-bond donors (Lipinski definition) is 1. The Hall–Kier alpha value is -1.14. The Morgan fingerprint density at radius 2 is 2.21 bits per heavy atom. The summed E-state index contributed by atoms with van der Waals surface area (Å²) in [5.74, 6) is 2.06. The molecule has 0 aromatic rings. The number of hydrogen-bond acceptors (Lipinski definition) is 6. The van der Waals surface area contributed by atoms with Crippen LogP contribution in [0.5, 0.6) is 0 Å². The molecule has 1 aliphatic heterocycles. The summed E-state index contributed by atoms with van der Waals surface area (Å²) in [7, 11) is 2.61. The summed E-state index contributed by atoms with van der Waals surface area (Å²) < 4.78 is 9.88. The van der Waals surface area contributed by atoms with Crippen LogP contribution in [0.2, 0.25) is 0 Å². The van der Waals surface area contributed by atoms with E-state index in [2.05, 4.69) is 5.87 Å². The van der Waals surface area contributed by atoms with Crippen molar-refractivity contribution in [1.29, 1.82) is 5.41 Å². The van der Waals surface area contributed by atoms with Crippen LogP contribution in [0.15, 0.2) is 16.7 Å². The second kappa shape index (κ2) is 3.93. The van der Waals surface area contributed by atoms with Crippen molar-refractivity contribution in [1.82, 2.24) is 0 Å². The van der Waals surface area contributed by atoms with Gasteiger partial charge in [0.1, 0.15) is 0 Å². The standard InChI is InChI=1S/C7H8N2O4S/c1-12-7(13-2)6(9(10)11)3-5(4-8)14-7/h3,8H,1-2H3. The molecule has 0 aromatic heterocycles. The first-order chi connectivity index (χ1) is 6.59. The molecule has 1 rings (SSSR count). The molecule has 0 saturated heterocycles. The quantitative estimate of drug-likeness (QED) is 0.329. The highest BCUT2D eigenvalue weighted by Gasteiger charge is 2.50. The van der Waals surface area contributed by atoms with Crippen molar-refractivity contribution in [3.05, 3.63) is 26.8 Å². The smallest absolute Gasteiger partial charge is 0.318 e. The Morgan fingerprint density at radius 1 is 1.64 bits per heavy atom. The predicted octanol–water partition coefficient (Wildman–Crippen LogP) is 0.973. The molecule has 0 saturated carbocycles. The first kappa shape index (κ1) is 10.9. The number of nitro groups is 1. The maximum absolute atomic E-state index is 10.7. The fourth-order valence-corrected chi connectivity index (χ4v) is 1.96. The lowest BCUT2D eigenvalue weighted by Gasteiger charge is -2.21. The monoisotopic (exact) mass is 216 g/mol. The summed E-state index contributed by atoms with van der Waals surface area (Å²) in [5, 5.41) is 16.1. The van der Waals surface area contributed by atoms with Gasteiger partial charge in [-0.05, 0) is 17.6 Å². The second-order valence-corrected chi connectivity index (χ2v) is 3.52. The average molecular weight is 216 g/mol. The number of allylic oxidation sites excluding steroid dienone is 1. The summed E-state index contributed by atoms with van der Waals surface area (Å²) in [4.78, 5) is 10.4. The zero-order valence-electron chi connectivity index (χ0n) is 7.57. The number of ether oxygens (including phenoxy) is 2. The van der Waals surface area contributed by atoms with Crippen LogP contribution < -0.4 is 0 Å². The molecule has 1 heterocycles. The lowest BCUT2D eigenvalue weighted by Crippen LogP contribution is -2.32. The topological polar surface area (TPSA) is 85.5 Å². The summed E-state index contributed by atoms with van der Waals surface area (Å²) in [6.45, 7) is 0. The van der Waals surface area contributed by atoms with E-state index in [1.54, 1.807) is 0 Å². The molecule has 0 atom stereocenters. The van der Waals surface area contributed by atoms with Crippen LogP contribution in [0.4, 0.5) is 0 Å². The van der Waals surface area contributed by atoms with Crippen LogP contribution in [0.1, 0.15) is 0 Å². The van der Waals surface area contributed by atoms with Gasteiger partial charge >= 0.3 is 10.8 Å². The Labute approximate surface area is 84.2 Å². The third kappa shape index (κ3) is 1.58. The van der Waals surface area contributed by atoms with Crippen molar-refractivity contribution >= 4 is 17.6 Å². The van der Waals surface area contributed by atoms with Crippen molar-refractivity contribution in [2.45, 2.75) is 5.12 Å². The lowest BCUT2D eigenvalue weighted by atomic mass is 10.4. The second-order valence-electron chi connectivity index (χ2n) is 2.34. The Balaban J connectivity index is 3.18. The molecule has 0 unspecified atom stereocenters. The van der Waals surface area contributed by atoms with Gasteiger partial charge in [-0.3, -0.25) is 15.5 Å². The van der Waals surface area contributed by atoms with Crippen LogP contribution in [-0.2, 0) is 9.47 Å². The minimum absolute atomic E-state index is 0.234. The molecule has 7 heteroatoms. The van der Waals surface area contributed by atoms with Crippen molar-refractivity contribution in [3.63, 3.8) is 0 Å². The predicted molar refractivity (Wildman–Crippen MR) is 50.7 cm³/mol. The first-order valence-corrected chi connectivity index (χ1v) is 4.37. The van der Waals surface area contributed by atoms with E-state index in [1.165, 1.54) is 20.3 Å². The minimum atomic E-state index is -1.45. The highest BCUT2D eigenvalue weighted by Crippen LogP contribution is 2.45. The van der Waals surface area contributed by atoms with Gasteiger partial charge in [0, 0.05) is 20.3 Å². The molecule has 0 fully saturated rings. The largest absolute Gasteiger partial charge is 0.336 e. The molecule has 0 radical (unpaired) electrons. The minimum Gasteiger partial charge on any atom is -0.336 e. The molecule has 0 amide bonds. The van der Waals surface area contributed by atoms with Gasteiger partial charge in [-0.15, -0.1) is 0 Å². The van der Waals surface area contributed by atoms with Gasteiger partial charge in [0.25, 0.3) is 0 Å². The maximum atomic E-state index is 10.7. The van der Waals surface area contributed by atoms with E-state index in [0.29, 0.717) is 4.91 Å². The van der Waals surface area contributed by atoms with Crippen LogP contribution in [-0.4, -0.2) is 30.1 Å². The van der Waals surface area contributed by atoms with E-state index < -0.39 is 10.0 Å². The van der Waals surface area contributed by atoms with Crippen LogP contribution in [0.25, 0.3) is 0 Å². The third-order valence-electron chi connectivity index (χ3n) is 1.68. The fraction of sp³-hybridized carbons (Fsp3) is 0.429. The molecule has 1 N–H and O–H groups in total. The molecule has 1 aliphatic rings. The molecular formula is C7H8N2O4S. The van der Waals surface area contributed by atoms with E-state index in [0.717, 1.165) is 11.8 Å². The average Bonchev–Trinajstić information content (AvgIpc) is 2.57. The number of thioether (sulfide) groups is 1. The SMILES string of the molecule is COC1(OC)SC(=C=N)C=C1[N+](=O)[O-]. The number of nitrogens with one attached hydrogen (secondary N) is 1. The number of rotatable bonds is 3. The van der Waals surface area contributed by atoms with Gasteiger partial charge in [0.15, 0.2) is 0 Å². The molecule has 6 nitrogen and oxygen atoms in total. The van der Waals surface area contributed by atoms with Crippen LogP contribution in [0, 0.1) is 15.5 Å². The zero-order chi connectivity index (χ0) is 10.8. The number of methoxy groups -OCH3 is 2. The van der Waals surface area contributed by atoms with Crippen molar-refractivity contribution in [2.24, 2.45) is 0 Å². The van der Waals surface area contributed by atoms with E-state index in [1.807, 2.05) is 0 Å². The summed E-state index contributed by atoms with van der Waals surface area (Å²) in [6, 6.07) is 0. The third-order valence-corrected chi connectivity index (χ3v) is 2.93. The van der Waals surface area contributed by atoms with Gasteiger partial charge in [-0.1, -0.05) is 0 Å². The van der Waals surface area contributed by atoms with Gasteiger partial charge in [0.05, 0.1) is 9.83 Å². The molecular weight excluding hydrogens is 208 g/mol. The molecule has 0 aliphatic carbocycles. The van der Waals surface area contributed by atoms with Crippen molar-refractivity contribution in [2.75, 3.05) is 14.2 Å². The zero-order valence-corrected chi connectivity index (χ0v) is 8.38. The fourth-order valence-electron chi connectivity index (χ4n) is 1.04. The number of nitrogens with zero attached hydrogens (tertiary/aromatic N) is 1. The Kier molecular flexibility index (Phi) is 3.07. The van der Waals surface area contributed by atoms with Gasteiger partial charge in [0.2, 0.25) is 0 Å². The van der Waals surface area contributed by atoms with Gasteiger partial charge in [-0.25, -0.2) is 0 Å². The summed E-state index contributed by atoms with van der Waals surface area (Å²) >= 11 is 0.934. The molecule has 0 aromatic carbocycles. The lowest BCUT2D eigenvalue weighted by molar-refractivity contribution is -0.451. The van der Waals surface area contributed by atoms with Gasteiger partial charge in [-0.2, -0.15) is 0 Å². The van der Waals surface area contributed by atoms with Crippen molar-refractivity contribution < 1.29 is 14.4 Å². The summed E-state index contributed by atoms with van der Waals surface area (Å²) in [5.41, 5.74) is -0.234.